The number of nitrogens with zero attached hydrogens (tertiary/aromatic N) is 2. The monoisotopic (exact) mass is 286 g/mol. The van der Waals surface area contributed by atoms with Crippen LogP contribution in [0.15, 0.2) is 18.2 Å². The molecular formula is C16H22N4O. The van der Waals surface area contributed by atoms with Crippen LogP contribution in [-0.4, -0.2) is 15.7 Å². The maximum atomic E-state index is 12.4. The van der Waals surface area contributed by atoms with Gasteiger partial charge in [-0.25, -0.2) is 0 Å². The summed E-state index contributed by atoms with van der Waals surface area (Å²) in [6.45, 7) is 9.89. The van der Waals surface area contributed by atoms with E-state index in [0.717, 1.165) is 22.6 Å². The number of nitrogen functional groups attached to an aromatic ring is 1. The van der Waals surface area contributed by atoms with Gasteiger partial charge in [-0.2, -0.15) is 5.10 Å². The molecule has 5 heteroatoms. The van der Waals surface area contributed by atoms with Gasteiger partial charge in [-0.1, -0.05) is 0 Å². The van der Waals surface area contributed by atoms with E-state index in [4.69, 9.17) is 5.73 Å². The summed E-state index contributed by atoms with van der Waals surface area (Å²) in [7, 11) is 0. The van der Waals surface area contributed by atoms with Crippen molar-refractivity contribution in [3.63, 3.8) is 0 Å². The normalized spacial score (nSPS) is 11.0. The second-order valence-electron chi connectivity index (χ2n) is 5.67. The van der Waals surface area contributed by atoms with E-state index in [9.17, 15) is 4.79 Å². The molecule has 0 fully saturated rings. The first-order valence-corrected chi connectivity index (χ1v) is 7.03. The molecule has 1 aromatic carbocycles. The van der Waals surface area contributed by atoms with E-state index < -0.39 is 0 Å². The minimum absolute atomic E-state index is 0.167. The molecule has 2 aromatic rings. The van der Waals surface area contributed by atoms with Gasteiger partial charge in [0, 0.05) is 17.3 Å². The van der Waals surface area contributed by atoms with E-state index in [1.54, 1.807) is 6.07 Å². The quantitative estimate of drug-likeness (QED) is 0.851. The van der Waals surface area contributed by atoms with E-state index in [1.807, 2.05) is 37.6 Å². The van der Waals surface area contributed by atoms with Crippen LogP contribution in [-0.2, 0) is 0 Å². The Morgan fingerprint density at radius 3 is 2.43 bits per heavy atom. The number of carbonyl (C=O) groups excluding carboxylic acids is 1. The molecule has 0 radical (unpaired) electrons. The van der Waals surface area contributed by atoms with Gasteiger partial charge in [-0.3, -0.25) is 9.48 Å². The number of nitrogens with two attached hydrogens (primary N) is 1. The Morgan fingerprint density at radius 2 is 1.90 bits per heavy atom. The number of nitrogens with one attached hydrogen (secondary N) is 1. The van der Waals surface area contributed by atoms with Crippen molar-refractivity contribution in [2.75, 3.05) is 11.1 Å². The molecule has 0 atom stereocenters. The molecule has 2 rings (SSSR count). The zero-order chi connectivity index (χ0) is 15.7. The Hall–Kier alpha value is -2.30. The summed E-state index contributed by atoms with van der Waals surface area (Å²) >= 11 is 0. The lowest BCUT2D eigenvalue weighted by Crippen LogP contribution is -2.14. The second-order valence-corrected chi connectivity index (χ2v) is 5.67. The van der Waals surface area contributed by atoms with Gasteiger partial charge in [0.05, 0.1) is 17.1 Å². The van der Waals surface area contributed by atoms with Crippen molar-refractivity contribution in [3.8, 4) is 0 Å². The summed E-state index contributed by atoms with van der Waals surface area (Å²) in [5.74, 6) is -0.167. The molecule has 112 valence electrons. The molecule has 0 aliphatic heterocycles. The van der Waals surface area contributed by atoms with E-state index in [2.05, 4.69) is 24.3 Å². The van der Waals surface area contributed by atoms with Gasteiger partial charge in [-0.15, -0.1) is 0 Å². The van der Waals surface area contributed by atoms with Crippen LogP contribution in [0.25, 0.3) is 0 Å². The number of aromatic nitrogens is 2. The van der Waals surface area contributed by atoms with Crippen LogP contribution >= 0.6 is 0 Å². The van der Waals surface area contributed by atoms with E-state index in [1.165, 1.54) is 0 Å². The van der Waals surface area contributed by atoms with Crippen LogP contribution in [0.3, 0.4) is 0 Å². The smallest absolute Gasteiger partial charge is 0.255 e. The fraction of sp³-hybridized carbons (Fsp3) is 0.375. The van der Waals surface area contributed by atoms with Crippen molar-refractivity contribution < 1.29 is 4.79 Å². The first kappa shape index (κ1) is 15.1. The molecule has 1 aromatic heterocycles. The van der Waals surface area contributed by atoms with Crippen molar-refractivity contribution in [3.05, 3.63) is 40.7 Å². The van der Waals surface area contributed by atoms with Crippen molar-refractivity contribution in [2.24, 2.45) is 0 Å². The Morgan fingerprint density at radius 1 is 1.24 bits per heavy atom. The maximum Gasteiger partial charge on any atom is 0.255 e. The lowest BCUT2D eigenvalue weighted by Gasteiger charge is -2.10. The largest absolute Gasteiger partial charge is 0.399 e. The lowest BCUT2D eigenvalue weighted by molar-refractivity contribution is 0.102. The molecule has 1 amide bonds. The van der Waals surface area contributed by atoms with Crippen molar-refractivity contribution >= 4 is 17.3 Å². The van der Waals surface area contributed by atoms with Gasteiger partial charge in [0.1, 0.15) is 0 Å². The van der Waals surface area contributed by atoms with Gasteiger partial charge in [0.2, 0.25) is 0 Å². The number of benzene rings is 1. The summed E-state index contributed by atoms with van der Waals surface area (Å²) in [5, 5.41) is 7.42. The van der Waals surface area contributed by atoms with Gasteiger partial charge in [-0.05, 0) is 58.4 Å². The van der Waals surface area contributed by atoms with Crippen LogP contribution in [0.5, 0.6) is 0 Å². The second kappa shape index (κ2) is 5.60. The number of hydrogen-bond donors (Lipinski definition) is 2. The number of anilines is 2. The minimum Gasteiger partial charge on any atom is -0.399 e. The molecule has 0 aliphatic carbocycles. The van der Waals surface area contributed by atoms with Crippen LogP contribution < -0.4 is 11.1 Å². The summed E-state index contributed by atoms with van der Waals surface area (Å²) in [5.41, 5.74) is 10.5. The predicted octanol–water partition coefficient (Wildman–Crippen LogP) is 3.22. The standard InChI is InChI=1S/C16H22N4O/c1-9(2)20-12(5)15(11(4)19-20)18-16(21)13-6-10(3)7-14(17)8-13/h6-9H,17H2,1-5H3,(H,18,21). The van der Waals surface area contributed by atoms with Crippen LogP contribution in [0.2, 0.25) is 0 Å². The van der Waals surface area contributed by atoms with E-state index in [-0.39, 0.29) is 11.9 Å². The lowest BCUT2D eigenvalue weighted by atomic mass is 10.1. The molecule has 1 heterocycles. The fourth-order valence-electron chi connectivity index (χ4n) is 2.48. The Bertz CT molecular complexity index is 666. The molecule has 0 unspecified atom stereocenters. The summed E-state index contributed by atoms with van der Waals surface area (Å²) in [6.07, 6.45) is 0. The summed E-state index contributed by atoms with van der Waals surface area (Å²) < 4.78 is 1.91. The highest BCUT2D eigenvalue weighted by Gasteiger charge is 2.16. The number of aryl methyl sites for hydroxylation is 2. The van der Waals surface area contributed by atoms with Crippen LogP contribution in [0.1, 0.15) is 47.2 Å². The van der Waals surface area contributed by atoms with Gasteiger partial charge in [0.25, 0.3) is 5.91 Å². The molecule has 0 saturated heterocycles. The van der Waals surface area contributed by atoms with Crippen molar-refractivity contribution in [1.29, 1.82) is 0 Å². The first-order chi connectivity index (χ1) is 9.79. The maximum absolute atomic E-state index is 12.4. The third-order valence-electron chi connectivity index (χ3n) is 3.41. The number of hydrogen-bond acceptors (Lipinski definition) is 3. The third-order valence-corrected chi connectivity index (χ3v) is 3.41. The van der Waals surface area contributed by atoms with Gasteiger partial charge >= 0.3 is 0 Å². The zero-order valence-corrected chi connectivity index (χ0v) is 13.2. The highest BCUT2D eigenvalue weighted by molar-refractivity contribution is 6.05. The zero-order valence-electron chi connectivity index (χ0n) is 13.2. The summed E-state index contributed by atoms with van der Waals surface area (Å²) in [4.78, 5) is 12.4. The van der Waals surface area contributed by atoms with Crippen molar-refractivity contribution in [1.82, 2.24) is 9.78 Å². The average Bonchev–Trinajstić information content (AvgIpc) is 2.65. The topological polar surface area (TPSA) is 72.9 Å². The Balaban J connectivity index is 2.32. The molecule has 0 spiro atoms. The van der Waals surface area contributed by atoms with E-state index >= 15 is 0 Å². The fourth-order valence-corrected chi connectivity index (χ4v) is 2.48. The number of carbonyl (C=O) groups is 1. The molecule has 0 aliphatic rings. The molecular weight excluding hydrogens is 264 g/mol. The highest BCUT2D eigenvalue weighted by atomic mass is 16.1. The molecule has 0 saturated carbocycles. The minimum atomic E-state index is -0.167. The van der Waals surface area contributed by atoms with E-state index in [0.29, 0.717) is 11.3 Å². The molecule has 21 heavy (non-hydrogen) atoms. The highest BCUT2D eigenvalue weighted by Crippen LogP contribution is 2.23. The first-order valence-electron chi connectivity index (χ1n) is 7.03. The number of rotatable bonds is 3. The Kier molecular flexibility index (Phi) is 4.02. The van der Waals surface area contributed by atoms with Crippen LogP contribution in [0, 0.1) is 20.8 Å². The summed E-state index contributed by atoms with van der Waals surface area (Å²) in [6, 6.07) is 5.59. The molecule has 0 bridgehead atoms. The average molecular weight is 286 g/mol. The van der Waals surface area contributed by atoms with Crippen LogP contribution in [0.4, 0.5) is 11.4 Å². The SMILES string of the molecule is Cc1cc(N)cc(C(=O)Nc2c(C)nn(C(C)C)c2C)c1. The van der Waals surface area contributed by atoms with Gasteiger partial charge < -0.3 is 11.1 Å². The van der Waals surface area contributed by atoms with Crippen molar-refractivity contribution in [2.45, 2.75) is 40.7 Å². The van der Waals surface area contributed by atoms with Gasteiger partial charge in [0.15, 0.2) is 0 Å². The molecule has 5 nitrogen and oxygen atoms in total. The number of amides is 1. The molecule has 3 N–H and O–H groups in total. The Labute approximate surface area is 125 Å². The predicted molar refractivity (Wildman–Crippen MR) is 85.6 cm³/mol. The third kappa shape index (κ3) is 3.07.